The third-order valence-corrected chi connectivity index (χ3v) is 3.02. The molecule has 0 fully saturated rings. The van der Waals surface area contributed by atoms with Gasteiger partial charge in [0.15, 0.2) is 0 Å². The highest BCUT2D eigenvalue weighted by molar-refractivity contribution is 4.80. The number of rotatable bonds is 7. The molecule has 0 radical (unpaired) electrons. The fourth-order valence-corrected chi connectivity index (χ4v) is 1.44. The summed E-state index contributed by atoms with van der Waals surface area (Å²) >= 11 is 0. The van der Waals surface area contributed by atoms with Gasteiger partial charge in [-0.15, -0.1) is 0 Å². The fraction of sp³-hybridized carbons (Fsp3) is 1.00. The predicted molar refractivity (Wildman–Crippen MR) is 55.6 cm³/mol. The van der Waals surface area contributed by atoms with E-state index in [2.05, 4.69) is 5.32 Å². The molecule has 0 aromatic rings. The lowest BCUT2D eigenvalue weighted by atomic mass is 9.82. The highest BCUT2D eigenvalue weighted by Gasteiger charge is 2.28. The molecule has 3 N–H and O–H groups in total. The van der Waals surface area contributed by atoms with Crippen LogP contribution in [0.1, 0.15) is 33.1 Å². The first-order chi connectivity index (χ1) is 6.89. The Labute approximate surface area is 89.4 Å². The second kappa shape index (κ2) is 6.33. The first kappa shape index (κ1) is 14.7. The van der Waals surface area contributed by atoms with Crippen molar-refractivity contribution in [3.05, 3.63) is 0 Å². The van der Waals surface area contributed by atoms with Crippen molar-refractivity contribution in [1.82, 2.24) is 5.32 Å². The molecule has 0 aromatic heterocycles. The molecule has 0 spiro atoms. The number of alkyl halides is 3. The van der Waals surface area contributed by atoms with Crippen molar-refractivity contribution >= 4 is 0 Å². The van der Waals surface area contributed by atoms with Crippen molar-refractivity contribution in [2.45, 2.75) is 39.3 Å². The quantitative estimate of drug-likeness (QED) is 0.654. The van der Waals surface area contributed by atoms with Crippen LogP contribution in [0.15, 0.2) is 0 Å². The summed E-state index contributed by atoms with van der Waals surface area (Å²) in [6.07, 6.45) is -3.07. The summed E-state index contributed by atoms with van der Waals surface area (Å²) in [6, 6.07) is 0. The molecule has 0 aromatic carbocycles. The Morgan fingerprint density at radius 2 is 1.67 bits per heavy atom. The van der Waals surface area contributed by atoms with E-state index in [9.17, 15) is 13.2 Å². The summed E-state index contributed by atoms with van der Waals surface area (Å²) in [5.74, 6) is 0. The molecule has 0 bridgehead atoms. The van der Waals surface area contributed by atoms with Crippen molar-refractivity contribution in [2.24, 2.45) is 11.1 Å². The van der Waals surface area contributed by atoms with Gasteiger partial charge in [-0.2, -0.15) is 13.2 Å². The smallest absolute Gasteiger partial charge is 0.330 e. The minimum Gasteiger partial charge on any atom is -0.330 e. The van der Waals surface area contributed by atoms with Crippen LogP contribution in [-0.4, -0.2) is 25.8 Å². The van der Waals surface area contributed by atoms with Crippen LogP contribution in [-0.2, 0) is 0 Å². The number of nitrogens with two attached hydrogens (primary N) is 1. The summed E-state index contributed by atoms with van der Waals surface area (Å²) in [4.78, 5) is 0. The Hall–Kier alpha value is -0.290. The highest BCUT2D eigenvalue weighted by Crippen LogP contribution is 2.24. The van der Waals surface area contributed by atoms with Crippen molar-refractivity contribution in [2.75, 3.05) is 19.6 Å². The maximum atomic E-state index is 11.9. The summed E-state index contributed by atoms with van der Waals surface area (Å²) in [6.45, 7) is 5.08. The van der Waals surface area contributed by atoms with Crippen LogP contribution in [0.3, 0.4) is 0 Å². The van der Waals surface area contributed by atoms with Gasteiger partial charge in [0.1, 0.15) is 0 Å². The third-order valence-electron chi connectivity index (χ3n) is 3.02. The third kappa shape index (κ3) is 5.99. The van der Waals surface area contributed by atoms with Gasteiger partial charge in [0.05, 0.1) is 6.42 Å². The number of nitrogens with one attached hydrogen (secondary N) is 1. The predicted octanol–water partition coefficient (Wildman–Crippen LogP) is 2.29. The Morgan fingerprint density at radius 3 is 2.00 bits per heavy atom. The fourth-order valence-electron chi connectivity index (χ4n) is 1.44. The first-order valence-corrected chi connectivity index (χ1v) is 5.36. The van der Waals surface area contributed by atoms with Gasteiger partial charge in [0, 0.05) is 13.1 Å². The summed E-state index contributed by atoms with van der Waals surface area (Å²) in [7, 11) is 0. The lowest BCUT2D eigenvalue weighted by Crippen LogP contribution is -2.40. The second-order valence-corrected chi connectivity index (χ2v) is 3.95. The van der Waals surface area contributed by atoms with Crippen LogP contribution in [0.25, 0.3) is 0 Å². The van der Waals surface area contributed by atoms with E-state index in [0.29, 0.717) is 13.1 Å². The second-order valence-electron chi connectivity index (χ2n) is 3.95. The van der Waals surface area contributed by atoms with Gasteiger partial charge >= 0.3 is 6.18 Å². The number of hydrogen-bond acceptors (Lipinski definition) is 2. The number of halogens is 3. The van der Waals surface area contributed by atoms with Crippen LogP contribution in [0.5, 0.6) is 0 Å². The van der Waals surface area contributed by atoms with E-state index in [1.54, 1.807) is 0 Å². The van der Waals surface area contributed by atoms with E-state index in [4.69, 9.17) is 5.73 Å². The van der Waals surface area contributed by atoms with Gasteiger partial charge in [0.2, 0.25) is 0 Å². The average Bonchev–Trinajstić information content (AvgIpc) is 2.18. The van der Waals surface area contributed by atoms with Gasteiger partial charge in [-0.1, -0.05) is 13.8 Å². The maximum Gasteiger partial charge on any atom is 0.390 e. The van der Waals surface area contributed by atoms with Gasteiger partial charge < -0.3 is 11.1 Å². The van der Waals surface area contributed by atoms with Crippen molar-refractivity contribution in [3.8, 4) is 0 Å². The van der Waals surface area contributed by atoms with Crippen LogP contribution >= 0.6 is 0 Å². The molecule has 0 saturated carbocycles. The molecule has 0 unspecified atom stereocenters. The van der Waals surface area contributed by atoms with Crippen molar-refractivity contribution < 1.29 is 13.2 Å². The molecule has 0 aliphatic heterocycles. The standard InChI is InChI=1S/C10H21F3N2/c1-3-9(4-2,7-14)8-15-6-5-10(11,12)13/h15H,3-8,14H2,1-2H3. The normalized spacial score (nSPS) is 13.2. The molecule has 2 nitrogen and oxygen atoms in total. The molecule has 0 heterocycles. The molecule has 0 amide bonds. The lowest BCUT2D eigenvalue weighted by Gasteiger charge is -2.30. The molecular weight excluding hydrogens is 205 g/mol. The van der Waals surface area contributed by atoms with E-state index >= 15 is 0 Å². The average molecular weight is 226 g/mol. The number of hydrogen-bond donors (Lipinski definition) is 2. The summed E-state index contributed by atoms with van der Waals surface area (Å²) in [5, 5.41) is 2.84. The zero-order valence-electron chi connectivity index (χ0n) is 9.45. The van der Waals surface area contributed by atoms with Crippen molar-refractivity contribution in [3.63, 3.8) is 0 Å². The molecule has 0 aliphatic carbocycles. The maximum absolute atomic E-state index is 11.9. The molecule has 92 valence electrons. The Morgan fingerprint density at radius 1 is 1.13 bits per heavy atom. The highest BCUT2D eigenvalue weighted by atomic mass is 19.4. The minimum absolute atomic E-state index is 0.0226. The zero-order valence-corrected chi connectivity index (χ0v) is 9.45. The van der Waals surface area contributed by atoms with E-state index in [0.717, 1.165) is 12.8 Å². The van der Waals surface area contributed by atoms with E-state index in [1.807, 2.05) is 13.8 Å². The SMILES string of the molecule is CCC(CC)(CN)CNCCC(F)(F)F. The molecule has 0 saturated heterocycles. The summed E-state index contributed by atoms with van der Waals surface area (Å²) in [5.41, 5.74) is 5.58. The van der Waals surface area contributed by atoms with Gasteiger partial charge in [0.25, 0.3) is 0 Å². The minimum atomic E-state index is -4.07. The molecule has 0 aliphatic rings. The van der Waals surface area contributed by atoms with Crippen LogP contribution in [0.4, 0.5) is 13.2 Å². The molecule has 15 heavy (non-hydrogen) atoms. The van der Waals surface area contributed by atoms with E-state index in [1.165, 1.54) is 0 Å². The van der Waals surface area contributed by atoms with E-state index in [-0.39, 0.29) is 12.0 Å². The van der Waals surface area contributed by atoms with Gasteiger partial charge in [-0.25, -0.2) is 0 Å². The lowest BCUT2D eigenvalue weighted by molar-refractivity contribution is -0.133. The van der Waals surface area contributed by atoms with Gasteiger partial charge in [-0.3, -0.25) is 0 Å². The first-order valence-electron chi connectivity index (χ1n) is 5.36. The topological polar surface area (TPSA) is 38.0 Å². The van der Waals surface area contributed by atoms with Crippen LogP contribution in [0, 0.1) is 5.41 Å². The van der Waals surface area contributed by atoms with E-state index < -0.39 is 12.6 Å². The monoisotopic (exact) mass is 226 g/mol. The Balaban J connectivity index is 3.82. The Bertz CT molecular complexity index is 156. The van der Waals surface area contributed by atoms with Gasteiger partial charge in [-0.05, 0) is 24.8 Å². The summed E-state index contributed by atoms with van der Waals surface area (Å²) < 4.78 is 35.6. The largest absolute Gasteiger partial charge is 0.390 e. The Kier molecular flexibility index (Phi) is 6.20. The van der Waals surface area contributed by atoms with Crippen LogP contribution in [0.2, 0.25) is 0 Å². The molecular formula is C10H21F3N2. The van der Waals surface area contributed by atoms with Crippen LogP contribution < -0.4 is 11.1 Å². The molecule has 5 heteroatoms. The molecule has 0 rings (SSSR count). The van der Waals surface area contributed by atoms with Crippen molar-refractivity contribution in [1.29, 1.82) is 0 Å². The zero-order chi connectivity index (χ0) is 11.9. The molecule has 0 atom stereocenters.